The topological polar surface area (TPSA) is 64.6 Å². The van der Waals surface area contributed by atoms with Gasteiger partial charge in [0.2, 0.25) is 0 Å². The SMILES string of the molecule is Cc1ccc(C)c(OCCC(=O)OCC(=O)Nc2ccc(C)c(Br)c2)c1. The molecule has 2 aromatic carbocycles. The molecule has 0 bridgehead atoms. The molecule has 0 aliphatic carbocycles. The van der Waals surface area contributed by atoms with Gasteiger partial charge in [-0.05, 0) is 55.7 Å². The van der Waals surface area contributed by atoms with Crippen molar-refractivity contribution in [3.05, 3.63) is 57.6 Å². The van der Waals surface area contributed by atoms with Crippen LogP contribution >= 0.6 is 15.9 Å². The maximum absolute atomic E-state index is 11.9. The molecule has 1 amide bonds. The van der Waals surface area contributed by atoms with E-state index in [9.17, 15) is 9.59 Å². The zero-order valence-corrected chi connectivity index (χ0v) is 16.7. The molecule has 0 aromatic heterocycles. The highest BCUT2D eigenvalue weighted by atomic mass is 79.9. The molecule has 2 aromatic rings. The maximum Gasteiger partial charge on any atom is 0.309 e. The molecule has 0 radical (unpaired) electrons. The standard InChI is InChI=1S/C20H22BrNO4/c1-13-4-5-15(3)18(10-13)25-9-8-20(24)26-12-19(23)22-16-7-6-14(2)17(21)11-16/h4-7,10-11H,8-9,12H2,1-3H3,(H,22,23). The normalized spacial score (nSPS) is 10.3. The number of halogens is 1. The predicted molar refractivity (Wildman–Crippen MR) is 104 cm³/mol. The summed E-state index contributed by atoms with van der Waals surface area (Å²) in [7, 11) is 0. The van der Waals surface area contributed by atoms with Gasteiger partial charge >= 0.3 is 5.97 Å². The highest BCUT2D eigenvalue weighted by Crippen LogP contribution is 2.21. The lowest BCUT2D eigenvalue weighted by molar-refractivity contribution is -0.147. The first kappa shape index (κ1) is 20.0. The molecule has 6 heteroatoms. The number of benzene rings is 2. The maximum atomic E-state index is 11.9. The second-order valence-corrected chi connectivity index (χ2v) is 6.89. The average Bonchev–Trinajstić information content (AvgIpc) is 2.59. The minimum atomic E-state index is -0.476. The Labute approximate surface area is 161 Å². The van der Waals surface area contributed by atoms with E-state index in [-0.39, 0.29) is 25.5 Å². The third-order valence-electron chi connectivity index (χ3n) is 3.73. The number of hydrogen-bond acceptors (Lipinski definition) is 4. The first-order valence-electron chi connectivity index (χ1n) is 8.27. The molecule has 138 valence electrons. The quantitative estimate of drug-likeness (QED) is 0.678. The number of anilines is 1. The molecule has 0 atom stereocenters. The molecule has 0 saturated heterocycles. The van der Waals surface area contributed by atoms with Gasteiger partial charge in [0.25, 0.3) is 5.91 Å². The van der Waals surface area contributed by atoms with Gasteiger partial charge in [0, 0.05) is 10.2 Å². The Morgan fingerprint density at radius 1 is 1.04 bits per heavy atom. The second-order valence-electron chi connectivity index (χ2n) is 6.04. The van der Waals surface area contributed by atoms with Crippen LogP contribution in [0.3, 0.4) is 0 Å². The van der Waals surface area contributed by atoms with E-state index < -0.39 is 5.97 Å². The van der Waals surface area contributed by atoms with Crippen molar-refractivity contribution in [2.75, 3.05) is 18.5 Å². The van der Waals surface area contributed by atoms with E-state index in [0.29, 0.717) is 5.69 Å². The van der Waals surface area contributed by atoms with Gasteiger partial charge in [-0.3, -0.25) is 9.59 Å². The lowest BCUT2D eigenvalue weighted by atomic mass is 10.1. The van der Waals surface area contributed by atoms with Crippen molar-refractivity contribution in [2.45, 2.75) is 27.2 Å². The molecule has 5 nitrogen and oxygen atoms in total. The molecule has 0 heterocycles. The van der Waals surface area contributed by atoms with E-state index in [4.69, 9.17) is 9.47 Å². The third-order valence-corrected chi connectivity index (χ3v) is 4.58. The Bertz CT molecular complexity index is 804. The van der Waals surface area contributed by atoms with Crippen molar-refractivity contribution < 1.29 is 19.1 Å². The second kappa shape index (κ2) is 9.38. The van der Waals surface area contributed by atoms with Crippen molar-refractivity contribution in [3.63, 3.8) is 0 Å². The van der Waals surface area contributed by atoms with Crippen LogP contribution in [0.15, 0.2) is 40.9 Å². The molecule has 0 fully saturated rings. The van der Waals surface area contributed by atoms with Gasteiger partial charge in [0.1, 0.15) is 5.75 Å². The third kappa shape index (κ3) is 6.19. The lowest BCUT2D eigenvalue weighted by Crippen LogP contribution is -2.21. The summed E-state index contributed by atoms with van der Waals surface area (Å²) >= 11 is 3.40. The highest BCUT2D eigenvalue weighted by molar-refractivity contribution is 9.10. The number of nitrogens with one attached hydrogen (secondary N) is 1. The van der Waals surface area contributed by atoms with E-state index in [0.717, 1.165) is 26.9 Å². The number of carbonyl (C=O) groups is 2. The molecule has 0 spiro atoms. The molecule has 2 rings (SSSR count). The predicted octanol–water partition coefficient (Wildman–Crippen LogP) is 4.33. The molecule has 26 heavy (non-hydrogen) atoms. The van der Waals surface area contributed by atoms with Gasteiger partial charge in [-0.15, -0.1) is 0 Å². The summed E-state index contributed by atoms with van der Waals surface area (Å²) in [6.45, 7) is 5.76. The van der Waals surface area contributed by atoms with Crippen molar-refractivity contribution in [3.8, 4) is 5.75 Å². The van der Waals surface area contributed by atoms with Gasteiger partial charge in [-0.25, -0.2) is 0 Å². The molecule has 0 aliphatic heterocycles. The van der Waals surface area contributed by atoms with Crippen molar-refractivity contribution >= 4 is 33.5 Å². The minimum absolute atomic E-state index is 0.0801. The van der Waals surface area contributed by atoms with Crippen LogP contribution in [-0.4, -0.2) is 25.1 Å². The van der Waals surface area contributed by atoms with E-state index >= 15 is 0 Å². The zero-order valence-electron chi connectivity index (χ0n) is 15.1. The van der Waals surface area contributed by atoms with Crippen LogP contribution in [0.1, 0.15) is 23.1 Å². The fourth-order valence-corrected chi connectivity index (χ4v) is 2.57. The molecular weight excluding hydrogens is 398 g/mol. The molecule has 0 aliphatic rings. The Kier molecular flexibility index (Phi) is 7.21. The molecular formula is C20H22BrNO4. The Morgan fingerprint density at radius 3 is 2.50 bits per heavy atom. The van der Waals surface area contributed by atoms with Crippen LogP contribution in [-0.2, 0) is 14.3 Å². The van der Waals surface area contributed by atoms with Crippen LogP contribution in [0.5, 0.6) is 5.75 Å². The highest BCUT2D eigenvalue weighted by Gasteiger charge is 2.09. The lowest BCUT2D eigenvalue weighted by Gasteiger charge is -2.10. The minimum Gasteiger partial charge on any atom is -0.493 e. The number of aryl methyl sites for hydroxylation is 3. The van der Waals surface area contributed by atoms with Crippen molar-refractivity contribution in [1.29, 1.82) is 0 Å². The van der Waals surface area contributed by atoms with E-state index in [1.54, 1.807) is 12.1 Å². The number of amides is 1. The summed E-state index contributed by atoms with van der Waals surface area (Å²) in [5, 5.41) is 2.68. The number of rotatable bonds is 7. The first-order valence-corrected chi connectivity index (χ1v) is 9.06. The van der Waals surface area contributed by atoms with E-state index in [2.05, 4.69) is 21.2 Å². The van der Waals surface area contributed by atoms with Crippen LogP contribution in [0.4, 0.5) is 5.69 Å². The smallest absolute Gasteiger partial charge is 0.309 e. The number of hydrogen-bond donors (Lipinski definition) is 1. The summed E-state index contributed by atoms with van der Waals surface area (Å²) in [4.78, 5) is 23.6. The largest absolute Gasteiger partial charge is 0.493 e. The van der Waals surface area contributed by atoms with Crippen molar-refractivity contribution in [1.82, 2.24) is 0 Å². The van der Waals surface area contributed by atoms with Crippen LogP contribution in [0.2, 0.25) is 0 Å². The Hall–Kier alpha value is -2.34. The van der Waals surface area contributed by atoms with E-state index in [1.807, 2.05) is 45.0 Å². The van der Waals surface area contributed by atoms with Gasteiger partial charge in [0.15, 0.2) is 6.61 Å². The van der Waals surface area contributed by atoms with Crippen molar-refractivity contribution in [2.24, 2.45) is 0 Å². The molecule has 1 N–H and O–H groups in total. The van der Waals surface area contributed by atoms with Gasteiger partial charge in [-0.1, -0.05) is 34.1 Å². The van der Waals surface area contributed by atoms with Crippen LogP contribution in [0, 0.1) is 20.8 Å². The Morgan fingerprint density at radius 2 is 1.77 bits per heavy atom. The van der Waals surface area contributed by atoms with Gasteiger partial charge < -0.3 is 14.8 Å². The summed E-state index contributed by atoms with van der Waals surface area (Å²) < 4.78 is 11.5. The fourth-order valence-electron chi connectivity index (χ4n) is 2.19. The van der Waals surface area contributed by atoms with Gasteiger partial charge in [-0.2, -0.15) is 0 Å². The fraction of sp³-hybridized carbons (Fsp3) is 0.300. The van der Waals surface area contributed by atoms with Crippen LogP contribution in [0.25, 0.3) is 0 Å². The summed E-state index contributed by atoms with van der Waals surface area (Å²) in [6.07, 6.45) is 0.0801. The number of esters is 1. The van der Waals surface area contributed by atoms with E-state index in [1.165, 1.54) is 0 Å². The average molecular weight is 420 g/mol. The van der Waals surface area contributed by atoms with Gasteiger partial charge in [0.05, 0.1) is 13.0 Å². The summed E-state index contributed by atoms with van der Waals surface area (Å²) in [6, 6.07) is 11.4. The monoisotopic (exact) mass is 419 g/mol. The first-order chi connectivity index (χ1) is 12.3. The Balaban J connectivity index is 1.71. The number of carbonyl (C=O) groups excluding carboxylic acids is 2. The van der Waals surface area contributed by atoms with Crippen LogP contribution < -0.4 is 10.1 Å². The molecule has 0 unspecified atom stereocenters. The zero-order chi connectivity index (χ0) is 19.1. The summed E-state index contributed by atoms with van der Waals surface area (Å²) in [5.41, 5.74) is 3.81. The summed E-state index contributed by atoms with van der Waals surface area (Å²) in [5.74, 6) is -0.111. The number of ether oxygens (including phenoxy) is 2. The molecule has 0 saturated carbocycles.